The van der Waals surface area contributed by atoms with Gasteiger partial charge in [0.2, 0.25) is 0 Å². The molecule has 12 heteroatoms. The first kappa shape index (κ1) is 24.6. The summed E-state index contributed by atoms with van der Waals surface area (Å²) < 4.78 is 11.5. The highest BCUT2D eigenvalue weighted by molar-refractivity contribution is 5.85. The maximum Gasteiger partial charge on any atom is 0.351 e. The molecular formula is C14H24Cl2N4O6. The topological polar surface area (TPSA) is 163 Å². The van der Waals surface area contributed by atoms with Crippen LogP contribution in [-0.4, -0.2) is 56.7 Å². The predicted molar refractivity (Wildman–Crippen MR) is 97.1 cm³/mol. The first-order chi connectivity index (χ1) is 11.2. The van der Waals surface area contributed by atoms with Crippen molar-refractivity contribution in [2.75, 3.05) is 12.3 Å². The number of aliphatic hydroxyl groups excluding tert-OH is 2. The van der Waals surface area contributed by atoms with Gasteiger partial charge in [0.1, 0.15) is 36.8 Å². The molecule has 0 aromatic carbocycles. The Morgan fingerprint density at radius 2 is 2.00 bits per heavy atom. The number of aliphatic hydroxyl groups is 2. The number of nitrogens with two attached hydrogens (primary N) is 2. The Morgan fingerprint density at radius 1 is 1.38 bits per heavy atom. The van der Waals surface area contributed by atoms with Gasteiger partial charge in [0, 0.05) is 6.20 Å². The first-order valence-electron chi connectivity index (χ1n) is 7.51. The highest BCUT2D eigenvalue weighted by Gasteiger charge is 2.44. The van der Waals surface area contributed by atoms with Gasteiger partial charge in [-0.15, -0.1) is 24.8 Å². The summed E-state index contributed by atoms with van der Waals surface area (Å²) in [5.41, 5.74) is 10.3. The molecule has 5 atom stereocenters. The monoisotopic (exact) mass is 414 g/mol. The average molecular weight is 415 g/mol. The number of anilines is 1. The van der Waals surface area contributed by atoms with E-state index in [1.807, 2.05) is 0 Å². The number of aromatic nitrogens is 2. The minimum atomic E-state index is -1.39. The summed E-state index contributed by atoms with van der Waals surface area (Å²) in [4.78, 5) is 27.1. The van der Waals surface area contributed by atoms with Gasteiger partial charge >= 0.3 is 11.7 Å². The van der Waals surface area contributed by atoms with Crippen LogP contribution < -0.4 is 17.2 Å². The van der Waals surface area contributed by atoms with Crippen molar-refractivity contribution in [2.24, 2.45) is 11.7 Å². The van der Waals surface area contributed by atoms with Crippen molar-refractivity contribution in [1.29, 1.82) is 0 Å². The molecule has 1 aliphatic rings. The highest BCUT2D eigenvalue weighted by atomic mass is 35.5. The molecule has 26 heavy (non-hydrogen) atoms. The number of esters is 1. The van der Waals surface area contributed by atoms with Gasteiger partial charge < -0.3 is 31.2 Å². The molecule has 0 spiro atoms. The number of nitrogens with zero attached hydrogens (tertiary/aromatic N) is 2. The summed E-state index contributed by atoms with van der Waals surface area (Å²) in [6.07, 6.45) is -3.60. The van der Waals surface area contributed by atoms with Gasteiger partial charge in [0.05, 0.1) is 0 Å². The minimum Gasteiger partial charge on any atom is -0.462 e. The van der Waals surface area contributed by atoms with E-state index < -0.39 is 42.2 Å². The van der Waals surface area contributed by atoms with E-state index in [-0.39, 0.29) is 43.2 Å². The molecule has 10 nitrogen and oxygen atoms in total. The van der Waals surface area contributed by atoms with Gasteiger partial charge in [-0.25, -0.2) is 4.79 Å². The van der Waals surface area contributed by atoms with Crippen molar-refractivity contribution in [1.82, 2.24) is 9.55 Å². The second-order valence-electron chi connectivity index (χ2n) is 5.99. The fourth-order valence-electron chi connectivity index (χ4n) is 2.25. The van der Waals surface area contributed by atoms with Crippen LogP contribution in [-0.2, 0) is 14.3 Å². The van der Waals surface area contributed by atoms with Crippen molar-refractivity contribution in [3.05, 3.63) is 22.7 Å². The van der Waals surface area contributed by atoms with Crippen LogP contribution in [0, 0.1) is 5.92 Å². The SMILES string of the molecule is CC(C)[C@H](N)C(=O)OC[C@H]1O[C@@H](n2ccc(N)nc2=O)[C@@H](O)[C@@H]1O.Cl.Cl. The third-order valence-corrected chi connectivity index (χ3v) is 3.84. The number of hydrogen-bond acceptors (Lipinski definition) is 9. The number of nitrogen functional groups attached to an aromatic ring is 1. The molecule has 1 fully saturated rings. The zero-order valence-corrected chi connectivity index (χ0v) is 15.9. The molecule has 2 rings (SSSR count). The second-order valence-corrected chi connectivity index (χ2v) is 5.99. The van der Waals surface area contributed by atoms with Crippen molar-refractivity contribution < 1.29 is 24.5 Å². The maximum absolute atomic E-state index is 11.8. The number of carbonyl (C=O) groups excluding carboxylic acids is 1. The van der Waals surface area contributed by atoms with Crippen LogP contribution in [0.25, 0.3) is 0 Å². The van der Waals surface area contributed by atoms with E-state index in [2.05, 4.69) is 4.98 Å². The zero-order chi connectivity index (χ0) is 18.0. The lowest BCUT2D eigenvalue weighted by atomic mass is 10.1. The normalized spacial score (nSPS) is 25.9. The molecule has 0 radical (unpaired) electrons. The van der Waals surface area contributed by atoms with Crippen molar-refractivity contribution in [3.63, 3.8) is 0 Å². The van der Waals surface area contributed by atoms with E-state index in [4.69, 9.17) is 20.9 Å². The molecule has 6 N–H and O–H groups in total. The molecule has 0 unspecified atom stereocenters. The molecule has 2 heterocycles. The molecule has 0 aliphatic carbocycles. The Labute approximate surface area is 162 Å². The van der Waals surface area contributed by atoms with Crippen molar-refractivity contribution >= 4 is 36.6 Å². The molecule has 0 saturated carbocycles. The van der Waals surface area contributed by atoms with E-state index in [0.717, 1.165) is 4.57 Å². The first-order valence-corrected chi connectivity index (χ1v) is 7.51. The maximum atomic E-state index is 11.8. The molecule has 1 aliphatic heterocycles. The average Bonchev–Trinajstić information content (AvgIpc) is 2.80. The lowest BCUT2D eigenvalue weighted by Gasteiger charge is -2.18. The Hall–Kier alpha value is -1.43. The van der Waals surface area contributed by atoms with E-state index in [1.54, 1.807) is 13.8 Å². The largest absolute Gasteiger partial charge is 0.462 e. The number of rotatable bonds is 5. The highest BCUT2D eigenvalue weighted by Crippen LogP contribution is 2.28. The molecule has 150 valence electrons. The third-order valence-electron chi connectivity index (χ3n) is 3.84. The zero-order valence-electron chi connectivity index (χ0n) is 14.2. The van der Waals surface area contributed by atoms with Gasteiger partial charge in [-0.05, 0) is 12.0 Å². The van der Waals surface area contributed by atoms with E-state index in [0.29, 0.717) is 0 Å². The van der Waals surface area contributed by atoms with E-state index >= 15 is 0 Å². The Balaban J connectivity index is 0.00000312. The van der Waals surface area contributed by atoms with Crippen LogP contribution in [0.15, 0.2) is 17.1 Å². The number of hydrogen-bond donors (Lipinski definition) is 4. The van der Waals surface area contributed by atoms with Crippen LogP contribution in [0.1, 0.15) is 20.1 Å². The van der Waals surface area contributed by atoms with Crippen LogP contribution in [0.2, 0.25) is 0 Å². The minimum absolute atomic E-state index is 0. The quantitative estimate of drug-likeness (QED) is 0.433. The molecule has 1 aromatic heterocycles. The van der Waals surface area contributed by atoms with Crippen molar-refractivity contribution in [3.8, 4) is 0 Å². The predicted octanol–water partition coefficient (Wildman–Crippen LogP) is -1.19. The second kappa shape index (κ2) is 10.0. The van der Waals surface area contributed by atoms with Gasteiger partial charge in [-0.2, -0.15) is 4.98 Å². The summed E-state index contributed by atoms with van der Waals surface area (Å²) in [6, 6.07) is 0.562. The summed E-state index contributed by atoms with van der Waals surface area (Å²) in [6.45, 7) is 3.24. The Bertz CT molecular complexity index is 659. The summed E-state index contributed by atoms with van der Waals surface area (Å²) in [5, 5.41) is 20.1. The smallest absolute Gasteiger partial charge is 0.351 e. The molecule has 0 bridgehead atoms. The number of carbonyl (C=O) groups is 1. The van der Waals surface area contributed by atoms with Crippen LogP contribution in [0.5, 0.6) is 0 Å². The summed E-state index contributed by atoms with van der Waals surface area (Å²) in [5.74, 6) is -0.716. The van der Waals surface area contributed by atoms with Gasteiger partial charge in [-0.1, -0.05) is 13.8 Å². The van der Waals surface area contributed by atoms with Crippen molar-refractivity contribution in [2.45, 2.75) is 44.4 Å². The summed E-state index contributed by atoms with van der Waals surface area (Å²) in [7, 11) is 0. The molecule has 1 aromatic rings. The fourth-order valence-corrected chi connectivity index (χ4v) is 2.25. The van der Waals surface area contributed by atoms with E-state index in [9.17, 15) is 19.8 Å². The van der Waals surface area contributed by atoms with Crippen LogP contribution in [0.4, 0.5) is 5.82 Å². The standard InChI is InChI=1S/C14H22N4O6.2ClH/c1-6(2)9(16)13(21)23-5-7-10(19)11(20)12(24-7)18-4-3-8(15)17-14(18)22;;/h3-4,6-7,9-12,19-20H,5,16H2,1-2H3,(H2,15,17,22);2*1H/t7-,9+,10-,11+,12-;;/m1../s1. The third kappa shape index (κ3) is 5.29. The van der Waals surface area contributed by atoms with Crippen LogP contribution in [0.3, 0.4) is 0 Å². The molecule has 1 saturated heterocycles. The van der Waals surface area contributed by atoms with Gasteiger partial charge in [0.25, 0.3) is 0 Å². The fraction of sp³-hybridized carbons (Fsp3) is 0.643. The summed E-state index contributed by atoms with van der Waals surface area (Å²) >= 11 is 0. The van der Waals surface area contributed by atoms with Gasteiger partial charge in [-0.3, -0.25) is 9.36 Å². The number of ether oxygens (including phenoxy) is 2. The van der Waals surface area contributed by atoms with E-state index in [1.165, 1.54) is 12.3 Å². The molecular weight excluding hydrogens is 391 g/mol. The van der Waals surface area contributed by atoms with Gasteiger partial charge in [0.15, 0.2) is 6.23 Å². The number of halogens is 2. The Morgan fingerprint density at radius 3 is 2.54 bits per heavy atom. The Kier molecular flexibility index (Phi) is 9.49. The lowest BCUT2D eigenvalue weighted by molar-refractivity contribution is -0.152. The lowest BCUT2D eigenvalue weighted by Crippen LogP contribution is -2.40. The molecule has 0 amide bonds. The van der Waals surface area contributed by atoms with Crippen LogP contribution >= 0.6 is 24.8 Å².